The summed E-state index contributed by atoms with van der Waals surface area (Å²) >= 11 is 0. The lowest BCUT2D eigenvalue weighted by molar-refractivity contribution is -0.141. The number of carbonyl (C=O) groups is 1. The quantitative estimate of drug-likeness (QED) is 0.558. The van der Waals surface area contributed by atoms with Crippen LogP contribution in [-0.2, 0) is 12.7 Å². The van der Waals surface area contributed by atoms with Crippen LogP contribution >= 0.6 is 0 Å². The van der Waals surface area contributed by atoms with E-state index < -0.39 is 17.8 Å². The minimum absolute atomic E-state index is 0.188. The lowest BCUT2D eigenvalue weighted by Gasteiger charge is -2.07. The maximum absolute atomic E-state index is 12.7. The van der Waals surface area contributed by atoms with Crippen molar-refractivity contribution in [2.75, 3.05) is 5.32 Å². The molecule has 0 spiro atoms. The van der Waals surface area contributed by atoms with Gasteiger partial charge >= 0.3 is 6.18 Å². The molecular formula is C19H14F3N5O2. The van der Waals surface area contributed by atoms with Crippen molar-refractivity contribution >= 4 is 22.6 Å². The van der Waals surface area contributed by atoms with Crippen LogP contribution in [0, 0.1) is 6.92 Å². The van der Waals surface area contributed by atoms with Gasteiger partial charge < -0.3 is 9.84 Å². The van der Waals surface area contributed by atoms with E-state index in [0.29, 0.717) is 28.0 Å². The van der Waals surface area contributed by atoms with E-state index >= 15 is 0 Å². The number of alkyl halides is 3. The third-order valence-electron chi connectivity index (χ3n) is 4.33. The van der Waals surface area contributed by atoms with Crippen molar-refractivity contribution in [2.45, 2.75) is 19.6 Å². The molecule has 10 heteroatoms. The molecule has 0 unspecified atom stereocenters. The zero-order chi connectivity index (χ0) is 20.6. The summed E-state index contributed by atoms with van der Waals surface area (Å²) < 4.78 is 44.5. The summed E-state index contributed by atoms with van der Waals surface area (Å²) in [6, 6.07) is 9.49. The maximum Gasteiger partial charge on any atom is 0.433 e. The lowest BCUT2D eigenvalue weighted by atomic mass is 10.2. The van der Waals surface area contributed by atoms with Crippen LogP contribution in [0.2, 0.25) is 0 Å². The number of pyridine rings is 1. The first kappa shape index (κ1) is 18.7. The highest BCUT2D eigenvalue weighted by Gasteiger charge is 2.32. The maximum atomic E-state index is 12.7. The van der Waals surface area contributed by atoms with Crippen LogP contribution in [-0.4, -0.2) is 25.8 Å². The van der Waals surface area contributed by atoms with Crippen LogP contribution in [0.3, 0.4) is 0 Å². The van der Waals surface area contributed by atoms with Crippen LogP contribution in [0.4, 0.5) is 19.0 Å². The van der Waals surface area contributed by atoms with E-state index in [9.17, 15) is 18.0 Å². The topological polar surface area (TPSA) is 85.8 Å². The Balaban J connectivity index is 1.64. The largest absolute Gasteiger partial charge is 0.433 e. The highest BCUT2D eigenvalue weighted by atomic mass is 19.4. The van der Waals surface area contributed by atoms with Gasteiger partial charge in [0.15, 0.2) is 5.82 Å². The van der Waals surface area contributed by atoms with Gasteiger partial charge in [-0.2, -0.15) is 18.3 Å². The third kappa shape index (κ3) is 3.68. The molecule has 7 nitrogen and oxygen atoms in total. The van der Waals surface area contributed by atoms with E-state index in [2.05, 4.69) is 20.6 Å². The zero-order valence-corrected chi connectivity index (χ0v) is 15.1. The molecule has 0 radical (unpaired) electrons. The molecule has 4 rings (SSSR count). The molecule has 0 aliphatic carbocycles. The first-order chi connectivity index (χ1) is 13.8. The second kappa shape index (κ2) is 7.04. The molecule has 148 valence electrons. The summed E-state index contributed by atoms with van der Waals surface area (Å²) in [7, 11) is 0. The SMILES string of the molecule is Cc1nocc1C(=O)Nc1nn(Cc2ccc(C(F)(F)F)nc2)c2ccccc12. The van der Waals surface area contributed by atoms with Gasteiger partial charge in [-0.15, -0.1) is 0 Å². The molecule has 1 N–H and O–H groups in total. The molecule has 0 fully saturated rings. The van der Waals surface area contributed by atoms with E-state index in [1.807, 2.05) is 0 Å². The van der Waals surface area contributed by atoms with Gasteiger partial charge in [-0.25, -0.2) is 0 Å². The number of aryl methyl sites for hydroxylation is 1. The van der Waals surface area contributed by atoms with Gasteiger partial charge in [0.25, 0.3) is 5.91 Å². The van der Waals surface area contributed by atoms with Crippen molar-refractivity contribution in [3.8, 4) is 0 Å². The number of hydrogen-bond acceptors (Lipinski definition) is 5. The number of amides is 1. The molecule has 0 saturated carbocycles. The number of aromatic nitrogens is 4. The fourth-order valence-corrected chi connectivity index (χ4v) is 2.88. The number of nitrogens with one attached hydrogen (secondary N) is 1. The van der Waals surface area contributed by atoms with E-state index in [0.717, 1.165) is 12.3 Å². The predicted molar refractivity (Wildman–Crippen MR) is 97.3 cm³/mol. The molecule has 3 aromatic heterocycles. The molecular weight excluding hydrogens is 387 g/mol. The number of benzene rings is 1. The molecule has 0 aliphatic rings. The molecule has 29 heavy (non-hydrogen) atoms. The standard InChI is InChI=1S/C19H14F3N5O2/c1-11-14(10-29-26-11)18(28)24-17-13-4-2-3-5-15(13)27(25-17)9-12-6-7-16(23-8-12)19(20,21)22/h2-8,10H,9H2,1H3,(H,24,25,28). The zero-order valence-electron chi connectivity index (χ0n) is 15.1. The Hall–Kier alpha value is -3.69. The molecule has 1 aromatic carbocycles. The first-order valence-corrected chi connectivity index (χ1v) is 8.53. The predicted octanol–water partition coefficient (Wildman–Crippen LogP) is 4.05. The summed E-state index contributed by atoms with van der Waals surface area (Å²) in [5, 5.41) is 11.5. The van der Waals surface area contributed by atoms with Crippen LogP contribution < -0.4 is 5.32 Å². The van der Waals surface area contributed by atoms with Crippen molar-refractivity contribution in [1.29, 1.82) is 0 Å². The number of para-hydroxylation sites is 1. The molecule has 1 amide bonds. The summed E-state index contributed by atoms with van der Waals surface area (Å²) in [5.74, 6) is -0.0959. The van der Waals surface area contributed by atoms with Crippen molar-refractivity contribution in [3.63, 3.8) is 0 Å². The van der Waals surface area contributed by atoms with Crippen LogP contribution in [0.15, 0.2) is 53.4 Å². The Morgan fingerprint density at radius 3 is 2.66 bits per heavy atom. The second-order valence-corrected chi connectivity index (χ2v) is 6.34. The number of rotatable bonds is 4. The molecule has 0 aliphatic heterocycles. The number of halogens is 3. The summed E-state index contributed by atoms with van der Waals surface area (Å²) in [5.41, 5.74) is 1.03. The van der Waals surface area contributed by atoms with Crippen molar-refractivity contribution < 1.29 is 22.5 Å². The number of anilines is 1. The van der Waals surface area contributed by atoms with Gasteiger partial charge in [0.1, 0.15) is 17.5 Å². The summed E-state index contributed by atoms with van der Waals surface area (Å²) in [6.45, 7) is 1.83. The number of fused-ring (bicyclic) bond motifs is 1. The van der Waals surface area contributed by atoms with Crippen LogP contribution in [0.1, 0.15) is 27.3 Å². The average Bonchev–Trinajstić information content (AvgIpc) is 3.26. The highest BCUT2D eigenvalue weighted by molar-refractivity contribution is 6.08. The molecule has 0 saturated heterocycles. The average molecular weight is 401 g/mol. The van der Waals surface area contributed by atoms with Crippen molar-refractivity contribution in [2.24, 2.45) is 0 Å². The first-order valence-electron chi connectivity index (χ1n) is 8.53. The molecule has 4 aromatic rings. The Morgan fingerprint density at radius 1 is 1.21 bits per heavy atom. The fraction of sp³-hybridized carbons (Fsp3) is 0.158. The summed E-state index contributed by atoms with van der Waals surface area (Å²) in [4.78, 5) is 15.9. The van der Waals surface area contributed by atoms with Crippen LogP contribution in [0.25, 0.3) is 10.9 Å². The third-order valence-corrected chi connectivity index (χ3v) is 4.33. The molecule has 0 atom stereocenters. The lowest BCUT2D eigenvalue weighted by Crippen LogP contribution is -2.13. The fourth-order valence-electron chi connectivity index (χ4n) is 2.88. The van der Waals surface area contributed by atoms with Gasteiger partial charge in [0.05, 0.1) is 17.8 Å². The monoisotopic (exact) mass is 401 g/mol. The Bertz CT molecular complexity index is 1180. The summed E-state index contributed by atoms with van der Waals surface area (Å²) in [6.07, 6.45) is -2.08. The van der Waals surface area contributed by atoms with Gasteiger partial charge in [0, 0.05) is 11.6 Å². The normalized spacial score (nSPS) is 11.7. The second-order valence-electron chi connectivity index (χ2n) is 6.34. The van der Waals surface area contributed by atoms with Gasteiger partial charge in [-0.3, -0.25) is 14.5 Å². The van der Waals surface area contributed by atoms with E-state index in [1.54, 1.807) is 35.9 Å². The van der Waals surface area contributed by atoms with E-state index in [-0.39, 0.29) is 12.1 Å². The highest BCUT2D eigenvalue weighted by Crippen LogP contribution is 2.28. The number of nitrogens with zero attached hydrogens (tertiary/aromatic N) is 4. The van der Waals surface area contributed by atoms with Gasteiger partial charge in [0.2, 0.25) is 0 Å². The minimum atomic E-state index is -4.49. The smallest absolute Gasteiger partial charge is 0.364 e. The number of hydrogen-bond donors (Lipinski definition) is 1. The minimum Gasteiger partial charge on any atom is -0.364 e. The van der Waals surface area contributed by atoms with Crippen molar-refractivity contribution in [3.05, 3.63) is 71.4 Å². The Morgan fingerprint density at radius 2 is 2.00 bits per heavy atom. The Kier molecular flexibility index (Phi) is 4.53. The van der Waals surface area contributed by atoms with Crippen molar-refractivity contribution in [1.82, 2.24) is 19.9 Å². The number of carbonyl (C=O) groups excluding carboxylic acids is 1. The van der Waals surface area contributed by atoms with Gasteiger partial charge in [-0.05, 0) is 30.7 Å². The molecule has 0 bridgehead atoms. The van der Waals surface area contributed by atoms with E-state index in [4.69, 9.17) is 4.52 Å². The van der Waals surface area contributed by atoms with Gasteiger partial charge in [-0.1, -0.05) is 23.4 Å². The molecule has 3 heterocycles. The van der Waals surface area contributed by atoms with E-state index in [1.165, 1.54) is 12.3 Å². The van der Waals surface area contributed by atoms with Crippen LogP contribution in [0.5, 0.6) is 0 Å². The Labute approximate surface area is 162 Å².